The minimum Gasteiger partial charge on any atom is -0.251 e. The molecule has 0 aliphatic carbocycles. The minimum atomic E-state index is -4.40. The van der Waals surface area contributed by atoms with Crippen molar-refractivity contribution < 1.29 is 21.6 Å². The zero-order valence-corrected chi connectivity index (χ0v) is 18.2. The molecule has 0 saturated heterocycles. The second-order valence-corrected chi connectivity index (χ2v) is 9.90. The predicted octanol–water partition coefficient (Wildman–Crippen LogP) is 5.51. The van der Waals surface area contributed by atoms with Crippen LogP contribution in [-0.4, -0.2) is 18.4 Å². The maximum Gasteiger partial charge on any atom is 0.416 e. The van der Waals surface area contributed by atoms with E-state index in [9.17, 15) is 21.6 Å². The minimum absolute atomic E-state index is 0.0398. The first-order valence-corrected chi connectivity index (χ1v) is 11.6. The Kier molecular flexibility index (Phi) is 5.61. The second-order valence-electron chi connectivity index (χ2n) is 7.03. The molecule has 4 rings (SSSR count). The van der Waals surface area contributed by atoms with Gasteiger partial charge in [0.1, 0.15) is 4.21 Å². The summed E-state index contributed by atoms with van der Waals surface area (Å²) in [5, 5.41) is 5.18. The zero-order valence-electron chi connectivity index (χ0n) is 16.6. The summed E-state index contributed by atoms with van der Waals surface area (Å²) < 4.78 is 61.7. The number of nitrogens with two attached hydrogens (primary N) is 1. The Morgan fingerprint density at radius 1 is 0.844 bits per heavy atom. The van der Waals surface area contributed by atoms with Crippen LogP contribution in [0.3, 0.4) is 0 Å². The molecule has 0 bridgehead atoms. The lowest BCUT2D eigenvalue weighted by molar-refractivity contribution is -0.137. The first-order valence-electron chi connectivity index (χ1n) is 9.27. The summed E-state index contributed by atoms with van der Waals surface area (Å²) in [5.74, 6) is 0. The molecule has 0 aliphatic heterocycles. The van der Waals surface area contributed by atoms with Gasteiger partial charge in [-0.1, -0.05) is 18.2 Å². The Balaban J connectivity index is 1.71. The fraction of sp³-hybridized carbons (Fsp3) is 0.0909. The van der Waals surface area contributed by atoms with Gasteiger partial charge in [0.2, 0.25) is 10.0 Å². The van der Waals surface area contributed by atoms with E-state index >= 15 is 0 Å². The molecule has 32 heavy (non-hydrogen) atoms. The summed E-state index contributed by atoms with van der Waals surface area (Å²) in [6.45, 7) is 1.79. The molecule has 1 aromatic carbocycles. The summed E-state index contributed by atoms with van der Waals surface area (Å²) in [6.07, 6.45) is -4.40. The third kappa shape index (κ3) is 4.72. The van der Waals surface area contributed by atoms with Gasteiger partial charge in [0.25, 0.3) is 0 Å². The maximum absolute atomic E-state index is 12.9. The summed E-state index contributed by atoms with van der Waals surface area (Å²) >= 11 is 1.02. The van der Waals surface area contributed by atoms with E-state index in [0.717, 1.165) is 23.5 Å². The molecule has 0 amide bonds. The lowest BCUT2D eigenvalue weighted by atomic mass is 10.0. The number of hydrogen-bond donors (Lipinski definition) is 1. The van der Waals surface area contributed by atoms with Crippen molar-refractivity contribution in [2.75, 3.05) is 0 Å². The SMILES string of the molecule is Cc1cc(-c2ccc(C(F)(F)F)cc2)cc(-c2cccc(-c3ccc(S(N)(=O)=O)s3)n2)n1. The molecule has 3 heterocycles. The van der Waals surface area contributed by atoms with Crippen molar-refractivity contribution in [3.63, 3.8) is 0 Å². The second kappa shape index (κ2) is 8.12. The molecule has 0 radical (unpaired) electrons. The summed E-state index contributed by atoms with van der Waals surface area (Å²) in [4.78, 5) is 9.74. The highest BCUT2D eigenvalue weighted by Gasteiger charge is 2.30. The number of nitrogens with zero attached hydrogens (tertiary/aromatic N) is 2. The van der Waals surface area contributed by atoms with Crippen molar-refractivity contribution in [3.8, 4) is 33.1 Å². The number of primary sulfonamides is 1. The number of rotatable bonds is 4. The van der Waals surface area contributed by atoms with E-state index in [4.69, 9.17) is 5.14 Å². The molecule has 2 N–H and O–H groups in total. The van der Waals surface area contributed by atoms with Crippen LogP contribution in [0.25, 0.3) is 33.1 Å². The lowest BCUT2D eigenvalue weighted by Gasteiger charge is -2.10. The fourth-order valence-electron chi connectivity index (χ4n) is 3.14. The normalized spacial score (nSPS) is 12.2. The van der Waals surface area contributed by atoms with Gasteiger partial charge in [-0.3, -0.25) is 4.98 Å². The van der Waals surface area contributed by atoms with Crippen LogP contribution in [0.15, 0.2) is 70.9 Å². The number of thiophene rings is 1. The monoisotopic (exact) mass is 475 g/mol. The van der Waals surface area contributed by atoms with Crippen LogP contribution in [-0.2, 0) is 16.2 Å². The molecule has 0 aliphatic rings. The van der Waals surface area contributed by atoms with E-state index in [1.807, 2.05) is 0 Å². The highest BCUT2D eigenvalue weighted by atomic mass is 32.2. The molecule has 164 valence electrons. The number of pyridine rings is 2. The average molecular weight is 476 g/mol. The number of benzene rings is 1. The summed E-state index contributed by atoms with van der Waals surface area (Å²) in [6, 6.07) is 16.8. The predicted molar refractivity (Wildman–Crippen MR) is 117 cm³/mol. The summed E-state index contributed by atoms with van der Waals surface area (Å²) in [5.41, 5.74) is 2.95. The lowest BCUT2D eigenvalue weighted by Crippen LogP contribution is -2.09. The van der Waals surface area contributed by atoms with E-state index in [1.54, 1.807) is 43.3 Å². The standard InChI is InChI=1S/C22H16F3N3O2S2/c1-13-11-15(14-5-7-16(8-6-14)22(23,24)25)12-19(27-13)17-3-2-4-18(28-17)20-9-10-21(31-20)32(26,29)30/h2-12H,1H3,(H2,26,29,30). The van der Waals surface area contributed by atoms with Gasteiger partial charge in [-0.2, -0.15) is 13.2 Å². The van der Waals surface area contributed by atoms with Gasteiger partial charge in [0.05, 0.1) is 27.5 Å². The molecule has 0 unspecified atom stereocenters. The molecule has 4 aromatic rings. The van der Waals surface area contributed by atoms with Crippen LogP contribution in [0.1, 0.15) is 11.3 Å². The Morgan fingerprint density at radius 3 is 2.16 bits per heavy atom. The van der Waals surface area contributed by atoms with Crippen LogP contribution in [0, 0.1) is 6.92 Å². The Bertz CT molecular complexity index is 1400. The molecular weight excluding hydrogens is 459 g/mol. The van der Waals surface area contributed by atoms with Gasteiger partial charge >= 0.3 is 6.18 Å². The number of sulfonamides is 1. The van der Waals surface area contributed by atoms with E-state index in [1.165, 1.54) is 18.2 Å². The smallest absolute Gasteiger partial charge is 0.251 e. The zero-order chi connectivity index (χ0) is 23.1. The first-order chi connectivity index (χ1) is 15.0. The highest BCUT2D eigenvalue weighted by molar-refractivity contribution is 7.91. The summed E-state index contributed by atoms with van der Waals surface area (Å²) in [7, 11) is -3.80. The topological polar surface area (TPSA) is 85.9 Å². The number of aryl methyl sites for hydroxylation is 1. The number of alkyl halides is 3. The van der Waals surface area contributed by atoms with E-state index in [-0.39, 0.29) is 4.21 Å². The number of aromatic nitrogens is 2. The van der Waals surface area contributed by atoms with Gasteiger partial charge < -0.3 is 0 Å². The first kappa shape index (κ1) is 22.1. The fourth-order valence-corrected chi connectivity index (χ4v) is 4.84. The molecule has 10 heteroatoms. The van der Waals surface area contributed by atoms with Crippen molar-refractivity contribution >= 4 is 21.4 Å². The molecule has 0 atom stereocenters. The Morgan fingerprint density at radius 2 is 1.53 bits per heavy atom. The van der Waals surface area contributed by atoms with Gasteiger partial charge in [0.15, 0.2) is 0 Å². The van der Waals surface area contributed by atoms with Crippen LogP contribution < -0.4 is 5.14 Å². The number of halogens is 3. The van der Waals surface area contributed by atoms with Gasteiger partial charge in [-0.05, 0) is 66.6 Å². The maximum atomic E-state index is 12.9. The Labute approximate surface area is 186 Å². The average Bonchev–Trinajstić information content (AvgIpc) is 3.24. The third-order valence-electron chi connectivity index (χ3n) is 4.62. The van der Waals surface area contributed by atoms with Gasteiger partial charge in [-0.25, -0.2) is 18.5 Å². The Hall–Kier alpha value is -3.08. The van der Waals surface area contributed by atoms with Gasteiger partial charge in [-0.15, -0.1) is 11.3 Å². The van der Waals surface area contributed by atoms with Crippen molar-refractivity contribution in [1.82, 2.24) is 9.97 Å². The molecule has 0 saturated carbocycles. The highest BCUT2D eigenvalue weighted by Crippen LogP contribution is 2.33. The van der Waals surface area contributed by atoms with Crippen molar-refractivity contribution in [2.24, 2.45) is 5.14 Å². The van der Waals surface area contributed by atoms with Crippen molar-refractivity contribution in [3.05, 3.63) is 78.0 Å². The van der Waals surface area contributed by atoms with Crippen LogP contribution in [0.5, 0.6) is 0 Å². The number of hydrogen-bond acceptors (Lipinski definition) is 5. The molecule has 5 nitrogen and oxygen atoms in total. The molecule has 0 spiro atoms. The largest absolute Gasteiger partial charge is 0.416 e. The van der Waals surface area contributed by atoms with E-state index in [2.05, 4.69) is 9.97 Å². The van der Waals surface area contributed by atoms with Crippen LogP contribution in [0.2, 0.25) is 0 Å². The molecule has 3 aromatic heterocycles. The van der Waals surface area contributed by atoms with E-state index < -0.39 is 21.8 Å². The van der Waals surface area contributed by atoms with Crippen LogP contribution >= 0.6 is 11.3 Å². The van der Waals surface area contributed by atoms with Crippen LogP contribution in [0.4, 0.5) is 13.2 Å². The quantitative estimate of drug-likeness (QED) is 0.422. The van der Waals surface area contributed by atoms with Crippen molar-refractivity contribution in [2.45, 2.75) is 17.3 Å². The van der Waals surface area contributed by atoms with Crippen molar-refractivity contribution in [1.29, 1.82) is 0 Å². The van der Waals surface area contributed by atoms with Gasteiger partial charge in [0, 0.05) is 5.69 Å². The molecular formula is C22H16F3N3O2S2. The molecule has 0 fully saturated rings. The third-order valence-corrected chi connectivity index (χ3v) is 7.17. The van der Waals surface area contributed by atoms with E-state index in [0.29, 0.717) is 38.8 Å².